The molecule has 0 bridgehead atoms. The van der Waals surface area contributed by atoms with Crippen LogP contribution in [0.3, 0.4) is 0 Å². The first-order valence-electron chi connectivity index (χ1n) is 8.76. The van der Waals surface area contributed by atoms with Crippen molar-refractivity contribution in [2.75, 3.05) is 13.7 Å². The predicted octanol–water partition coefficient (Wildman–Crippen LogP) is 1.10. The van der Waals surface area contributed by atoms with Crippen molar-refractivity contribution in [1.29, 1.82) is 0 Å². The number of aromatic amines is 1. The van der Waals surface area contributed by atoms with Gasteiger partial charge in [0.15, 0.2) is 0 Å². The third-order valence-corrected chi connectivity index (χ3v) is 5.51. The molecule has 26 heavy (non-hydrogen) atoms. The van der Waals surface area contributed by atoms with Crippen molar-refractivity contribution in [2.24, 2.45) is 0 Å². The van der Waals surface area contributed by atoms with Crippen molar-refractivity contribution in [1.82, 2.24) is 4.98 Å². The van der Waals surface area contributed by atoms with Gasteiger partial charge in [0.05, 0.1) is 19.2 Å². The summed E-state index contributed by atoms with van der Waals surface area (Å²) in [7, 11) is 1.34. The molecule has 5 rings (SSSR count). The number of nitrogens with one attached hydrogen (secondary N) is 2. The summed E-state index contributed by atoms with van der Waals surface area (Å²) in [5, 5.41) is 14.6. The average Bonchev–Trinajstić information content (AvgIpc) is 3.05. The number of esters is 1. The van der Waals surface area contributed by atoms with Gasteiger partial charge in [-0.1, -0.05) is 30.3 Å². The zero-order valence-electron chi connectivity index (χ0n) is 14.4. The molecule has 1 atom stereocenters. The lowest BCUT2D eigenvalue weighted by molar-refractivity contribution is -0.843. The van der Waals surface area contributed by atoms with E-state index in [1.165, 1.54) is 18.1 Å². The van der Waals surface area contributed by atoms with Crippen LogP contribution in [0.4, 0.5) is 0 Å². The van der Waals surface area contributed by atoms with E-state index in [9.17, 15) is 9.90 Å². The Balaban J connectivity index is 1.79. The molecule has 2 aliphatic rings. The fourth-order valence-corrected chi connectivity index (χ4v) is 4.35. The van der Waals surface area contributed by atoms with E-state index in [-0.39, 0.29) is 5.76 Å². The number of fused-ring (bicyclic) bond motifs is 6. The molecule has 5 nitrogen and oxygen atoms in total. The van der Waals surface area contributed by atoms with Gasteiger partial charge in [0.25, 0.3) is 0 Å². The van der Waals surface area contributed by atoms with Gasteiger partial charge >= 0.3 is 5.97 Å². The minimum atomic E-state index is -0.466. The van der Waals surface area contributed by atoms with Gasteiger partial charge in [-0.15, -0.1) is 0 Å². The number of para-hydroxylation sites is 1. The summed E-state index contributed by atoms with van der Waals surface area (Å²) in [5.41, 5.74) is 5.66. The van der Waals surface area contributed by atoms with Gasteiger partial charge in [0, 0.05) is 22.9 Å². The van der Waals surface area contributed by atoms with Gasteiger partial charge in [-0.3, -0.25) is 4.90 Å². The van der Waals surface area contributed by atoms with E-state index >= 15 is 0 Å². The van der Waals surface area contributed by atoms with Gasteiger partial charge in [0.2, 0.25) is 0 Å². The first-order chi connectivity index (χ1) is 12.7. The first-order valence-corrected chi connectivity index (χ1v) is 8.76. The molecule has 3 aromatic rings. The Hall–Kier alpha value is -3.05. The Morgan fingerprint density at radius 2 is 2.04 bits per heavy atom. The number of methoxy groups -OCH3 is 1. The van der Waals surface area contributed by atoms with Crippen LogP contribution in [-0.2, 0) is 17.7 Å². The Morgan fingerprint density at radius 3 is 2.88 bits per heavy atom. The number of carbonyl (C=O) groups is 1. The number of benzene rings is 2. The van der Waals surface area contributed by atoms with Crippen LogP contribution in [0.1, 0.15) is 32.7 Å². The van der Waals surface area contributed by atoms with Crippen LogP contribution >= 0.6 is 0 Å². The molecule has 0 radical (unpaired) electrons. The van der Waals surface area contributed by atoms with E-state index in [4.69, 9.17) is 4.74 Å². The third kappa shape index (κ3) is 1.98. The van der Waals surface area contributed by atoms with Crippen LogP contribution in [0.25, 0.3) is 22.4 Å². The average molecular weight is 346 g/mol. The molecule has 1 aromatic heterocycles. The number of hydrogen-bond acceptors (Lipinski definition) is 3. The van der Waals surface area contributed by atoms with Crippen LogP contribution in [-0.4, -0.2) is 24.6 Å². The molecule has 0 spiro atoms. The molecule has 2 aliphatic heterocycles. The lowest BCUT2D eigenvalue weighted by Crippen LogP contribution is -3.10. The van der Waals surface area contributed by atoms with Gasteiger partial charge in [-0.25, -0.2) is 4.79 Å². The molecular weight excluding hydrogens is 328 g/mol. The molecule has 5 heteroatoms. The van der Waals surface area contributed by atoms with Crippen LogP contribution in [0.2, 0.25) is 0 Å². The van der Waals surface area contributed by atoms with E-state index in [1.807, 2.05) is 30.3 Å². The highest BCUT2D eigenvalue weighted by Gasteiger charge is 2.35. The van der Waals surface area contributed by atoms with Crippen molar-refractivity contribution in [2.45, 2.75) is 13.0 Å². The largest absolute Gasteiger partial charge is 0.868 e. The summed E-state index contributed by atoms with van der Waals surface area (Å²) in [5.74, 6) is -0.540. The lowest BCUT2D eigenvalue weighted by atomic mass is 9.90. The molecule has 2 aromatic carbocycles. The molecule has 130 valence electrons. The maximum absolute atomic E-state index is 13.4. The minimum absolute atomic E-state index is 0.0743. The Labute approximate surface area is 150 Å². The quantitative estimate of drug-likeness (QED) is 0.648. The molecule has 0 fully saturated rings. The number of rotatable bonds is 1. The molecule has 0 aliphatic carbocycles. The SMILES string of the molecule is COC(=O)c1cccc2c1C([O-])=C1c3[nH]c4ccccc4c3CC[NH+]1C2. The number of aromatic nitrogens is 1. The van der Waals surface area contributed by atoms with Gasteiger partial charge in [-0.2, -0.15) is 0 Å². The van der Waals surface area contributed by atoms with Crippen molar-refractivity contribution in [3.05, 3.63) is 70.4 Å². The number of hydrogen-bond donors (Lipinski definition) is 2. The number of quaternary nitrogens is 1. The topological polar surface area (TPSA) is 69.6 Å². The monoisotopic (exact) mass is 346 g/mol. The molecule has 0 saturated carbocycles. The van der Waals surface area contributed by atoms with Crippen LogP contribution in [0.15, 0.2) is 42.5 Å². The summed E-state index contributed by atoms with van der Waals surface area (Å²) in [6.07, 6.45) is 0.928. The van der Waals surface area contributed by atoms with E-state index < -0.39 is 5.97 Å². The van der Waals surface area contributed by atoms with Gasteiger partial charge < -0.3 is 14.8 Å². The Kier molecular flexibility index (Phi) is 3.21. The van der Waals surface area contributed by atoms with E-state index in [0.29, 0.717) is 17.7 Å². The third-order valence-electron chi connectivity index (χ3n) is 5.51. The summed E-state index contributed by atoms with van der Waals surface area (Å²) in [6.45, 7) is 1.58. The van der Waals surface area contributed by atoms with E-state index in [0.717, 1.165) is 40.3 Å². The maximum atomic E-state index is 13.4. The number of ether oxygens (including phenoxy) is 1. The molecule has 0 amide bonds. The predicted molar refractivity (Wildman–Crippen MR) is 96.1 cm³/mol. The van der Waals surface area contributed by atoms with Crippen molar-refractivity contribution in [3.63, 3.8) is 0 Å². The van der Waals surface area contributed by atoms with Crippen molar-refractivity contribution in [3.8, 4) is 0 Å². The lowest BCUT2D eigenvalue weighted by Gasteiger charge is -2.36. The summed E-state index contributed by atoms with van der Waals surface area (Å²) in [6, 6.07) is 13.6. The minimum Gasteiger partial charge on any atom is -0.868 e. The number of H-pyrrole nitrogens is 1. The maximum Gasteiger partial charge on any atom is 0.338 e. The van der Waals surface area contributed by atoms with Crippen molar-refractivity contribution < 1.29 is 19.5 Å². The fourth-order valence-electron chi connectivity index (χ4n) is 4.35. The highest BCUT2D eigenvalue weighted by Crippen LogP contribution is 2.34. The summed E-state index contributed by atoms with van der Waals surface area (Å²) >= 11 is 0. The molecule has 1 unspecified atom stereocenters. The normalized spacial score (nSPS) is 18.3. The fraction of sp³-hybridized carbons (Fsp3) is 0.190. The zero-order chi connectivity index (χ0) is 17.8. The second-order valence-electron chi connectivity index (χ2n) is 6.84. The zero-order valence-corrected chi connectivity index (χ0v) is 14.4. The number of carbonyl (C=O) groups excluding carboxylic acids is 1. The van der Waals surface area contributed by atoms with Crippen LogP contribution in [0.5, 0.6) is 0 Å². The Morgan fingerprint density at radius 1 is 1.19 bits per heavy atom. The van der Waals surface area contributed by atoms with Crippen molar-refractivity contribution >= 4 is 28.3 Å². The van der Waals surface area contributed by atoms with Crippen LogP contribution in [0, 0.1) is 0 Å². The van der Waals surface area contributed by atoms with Gasteiger partial charge in [-0.05, 0) is 29.0 Å². The molecule has 2 N–H and O–H groups in total. The second-order valence-corrected chi connectivity index (χ2v) is 6.84. The highest BCUT2D eigenvalue weighted by atomic mass is 16.5. The molecule has 3 heterocycles. The molecular formula is C21H18N2O3. The highest BCUT2D eigenvalue weighted by molar-refractivity contribution is 6.00. The first kappa shape index (κ1) is 15.2. The van der Waals surface area contributed by atoms with E-state index in [1.54, 1.807) is 6.07 Å². The smallest absolute Gasteiger partial charge is 0.338 e. The Bertz CT molecular complexity index is 1090. The standard InChI is InChI=1S/C21H18N2O3/c1-26-21(25)15-7-4-5-12-11-23-10-9-14-13-6-2-3-8-16(13)22-18(14)19(23)20(24)17(12)15/h2-8,22,24H,9-11H2,1H3. The van der Waals surface area contributed by atoms with E-state index in [2.05, 4.69) is 11.1 Å². The van der Waals surface area contributed by atoms with Crippen LogP contribution < -0.4 is 10.0 Å². The van der Waals surface area contributed by atoms with Gasteiger partial charge in [0.1, 0.15) is 17.9 Å². The summed E-state index contributed by atoms with van der Waals surface area (Å²) in [4.78, 5) is 16.8. The summed E-state index contributed by atoms with van der Waals surface area (Å²) < 4.78 is 4.89. The second kappa shape index (κ2) is 5.47. The molecule has 0 saturated heterocycles.